The average molecular weight is 258 g/mol. The molecule has 2 heterocycles. The van der Waals surface area contributed by atoms with Crippen LogP contribution in [0.5, 0.6) is 0 Å². The Morgan fingerprint density at radius 1 is 1.41 bits per heavy atom. The molecule has 0 bridgehead atoms. The summed E-state index contributed by atoms with van der Waals surface area (Å²) in [4.78, 5) is 25.0. The first-order chi connectivity index (χ1) is 8.02. The van der Waals surface area contributed by atoms with Gasteiger partial charge in [0.1, 0.15) is 6.04 Å². The van der Waals surface area contributed by atoms with E-state index in [0.717, 1.165) is 13.0 Å². The third-order valence-electron chi connectivity index (χ3n) is 3.56. The van der Waals surface area contributed by atoms with Crippen molar-refractivity contribution in [1.82, 2.24) is 10.2 Å². The van der Waals surface area contributed by atoms with Crippen molar-refractivity contribution in [3.63, 3.8) is 0 Å². The maximum absolute atomic E-state index is 12.4. The van der Waals surface area contributed by atoms with Gasteiger partial charge in [-0.1, -0.05) is 6.92 Å². The van der Waals surface area contributed by atoms with Gasteiger partial charge in [0.05, 0.1) is 11.4 Å². The number of thioether (sulfide) groups is 1. The maximum Gasteiger partial charge on any atom is 0.327 e. The predicted molar refractivity (Wildman–Crippen MR) is 65.8 cm³/mol. The highest BCUT2D eigenvalue weighted by Crippen LogP contribution is 2.31. The number of rotatable bonds is 2. The van der Waals surface area contributed by atoms with E-state index in [-0.39, 0.29) is 23.2 Å². The summed E-state index contributed by atoms with van der Waals surface area (Å²) in [7, 11) is 0. The Bertz CT molecular complexity index is 337. The minimum Gasteiger partial charge on any atom is -0.480 e. The SMILES string of the molecule is CC1CCNC1C(=O)N1C(C)SCC1C(=O)O. The molecule has 2 rings (SSSR count). The molecular weight excluding hydrogens is 240 g/mol. The zero-order valence-corrected chi connectivity index (χ0v) is 10.9. The third kappa shape index (κ3) is 2.28. The molecule has 2 fully saturated rings. The minimum atomic E-state index is -0.902. The molecule has 2 saturated heterocycles. The summed E-state index contributed by atoms with van der Waals surface area (Å²) in [5.74, 6) is -0.181. The van der Waals surface area contributed by atoms with Gasteiger partial charge in [-0.15, -0.1) is 11.8 Å². The second-order valence-corrected chi connectivity index (χ2v) is 6.08. The summed E-state index contributed by atoms with van der Waals surface area (Å²) < 4.78 is 0. The van der Waals surface area contributed by atoms with Crippen molar-refractivity contribution >= 4 is 23.6 Å². The van der Waals surface area contributed by atoms with Gasteiger partial charge in [-0.25, -0.2) is 4.79 Å². The van der Waals surface area contributed by atoms with Gasteiger partial charge in [-0.3, -0.25) is 4.79 Å². The van der Waals surface area contributed by atoms with Gasteiger partial charge < -0.3 is 15.3 Å². The standard InChI is InChI=1S/C11H18N2O3S/c1-6-3-4-12-9(6)10(14)13-7(2)17-5-8(13)11(15)16/h6-9,12H,3-5H2,1-2H3,(H,15,16). The van der Waals surface area contributed by atoms with Gasteiger partial charge in [0.2, 0.25) is 5.91 Å². The molecule has 6 heteroatoms. The summed E-state index contributed by atoms with van der Waals surface area (Å²) in [5, 5.41) is 12.3. The Labute approximate surface area is 105 Å². The van der Waals surface area contributed by atoms with E-state index in [2.05, 4.69) is 5.32 Å². The number of carboxylic acids is 1. The van der Waals surface area contributed by atoms with Crippen molar-refractivity contribution in [3.8, 4) is 0 Å². The number of carboxylic acid groups (broad SMARTS) is 1. The van der Waals surface area contributed by atoms with E-state index in [1.54, 1.807) is 0 Å². The molecule has 0 aromatic carbocycles. The summed E-state index contributed by atoms with van der Waals surface area (Å²) in [6.45, 7) is 4.77. The normalized spacial score (nSPS) is 37.4. The molecule has 0 aromatic heterocycles. The molecule has 0 spiro atoms. The first kappa shape index (κ1) is 12.7. The number of hydrogen-bond donors (Lipinski definition) is 2. The van der Waals surface area contributed by atoms with Crippen molar-refractivity contribution in [2.24, 2.45) is 5.92 Å². The monoisotopic (exact) mass is 258 g/mol. The number of aliphatic carboxylic acids is 1. The van der Waals surface area contributed by atoms with Crippen LogP contribution < -0.4 is 5.32 Å². The highest BCUT2D eigenvalue weighted by atomic mass is 32.2. The highest BCUT2D eigenvalue weighted by Gasteiger charge is 2.43. The lowest BCUT2D eigenvalue weighted by atomic mass is 10.0. The van der Waals surface area contributed by atoms with Crippen molar-refractivity contribution in [2.75, 3.05) is 12.3 Å². The maximum atomic E-state index is 12.4. The summed E-state index contributed by atoms with van der Waals surface area (Å²) >= 11 is 1.53. The van der Waals surface area contributed by atoms with Gasteiger partial charge in [0, 0.05) is 5.75 Å². The van der Waals surface area contributed by atoms with Crippen LogP contribution in [0.3, 0.4) is 0 Å². The van der Waals surface area contributed by atoms with Gasteiger partial charge in [-0.2, -0.15) is 0 Å². The first-order valence-electron chi connectivity index (χ1n) is 5.92. The van der Waals surface area contributed by atoms with E-state index in [1.807, 2.05) is 13.8 Å². The van der Waals surface area contributed by atoms with E-state index < -0.39 is 12.0 Å². The Hall–Kier alpha value is -0.750. The number of hydrogen-bond acceptors (Lipinski definition) is 4. The number of carbonyl (C=O) groups is 2. The Kier molecular flexibility index (Phi) is 3.63. The van der Waals surface area contributed by atoms with E-state index in [1.165, 1.54) is 16.7 Å². The molecule has 2 aliphatic heterocycles. The molecule has 4 unspecified atom stereocenters. The minimum absolute atomic E-state index is 0.0433. The smallest absolute Gasteiger partial charge is 0.327 e. The Morgan fingerprint density at radius 3 is 2.65 bits per heavy atom. The van der Waals surface area contributed by atoms with Crippen molar-refractivity contribution < 1.29 is 14.7 Å². The lowest BCUT2D eigenvalue weighted by molar-refractivity contribution is -0.150. The Balaban J connectivity index is 2.13. The molecule has 17 heavy (non-hydrogen) atoms. The number of nitrogens with zero attached hydrogens (tertiary/aromatic N) is 1. The lowest BCUT2D eigenvalue weighted by Crippen LogP contribution is -2.52. The van der Waals surface area contributed by atoms with Crippen LogP contribution in [-0.2, 0) is 9.59 Å². The first-order valence-corrected chi connectivity index (χ1v) is 6.97. The van der Waals surface area contributed by atoms with Gasteiger partial charge >= 0.3 is 5.97 Å². The van der Waals surface area contributed by atoms with E-state index in [0.29, 0.717) is 5.75 Å². The number of nitrogens with one attached hydrogen (secondary N) is 1. The third-order valence-corrected chi connectivity index (χ3v) is 4.78. The quantitative estimate of drug-likeness (QED) is 0.748. The molecule has 5 nitrogen and oxygen atoms in total. The number of amides is 1. The van der Waals surface area contributed by atoms with Crippen molar-refractivity contribution in [3.05, 3.63) is 0 Å². The van der Waals surface area contributed by atoms with Crippen LogP contribution >= 0.6 is 11.8 Å². The molecule has 1 amide bonds. The fraction of sp³-hybridized carbons (Fsp3) is 0.818. The summed E-state index contributed by atoms with van der Waals surface area (Å²) in [6.07, 6.45) is 0.976. The predicted octanol–water partition coefficient (Wildman–Crippen LogP) is 0.359. The topological polar surface area (TPSA) is 69.6 Å². The second-order valence-electron chi connectivity index (χ2n) is 4.73. The number of carbonyl (C=O) groups excluding carboxylic acids is 1. The van der Waals surface area contributed by atoms with Crippen LogP contribution in [-0.4, -0.2) is 51.6 Å². The molecule has 0 aliphatic carbocycles. The lowest BCUT2D eigenvalue weighted by Gasteiger charge is -2.29. The van der Waals surface area contributed by atoms with Crippen LogP contribution in [0.25, 0.3) is 0 Å². The van der Waals surface area contributed by atoms with Crippen LogP contribution in [0, 0.1) is 5.92 Å². The van der Waals surface area contributed by atoms with Crippen molar-refractivity contribution in [1.29, 1.82) is 0 Å². The second kappa shape index (κ2) is 4.86. The fourth-order valence-electron chi connectivity index (χ4n) is 2.49. The molecular formula is C11H18N2O3S. The largest absolute Gasteiger partial charge is 0.480 e. The van der Waals surface area contributed by atoms with Gasteiger partial charge in [-0.05, 0) is 25.8 Å². The van der Waals surface area contributed by atoms with Gasteiger partial charge in [0.25, 0.3) is 0 Å². The zero-order valence-electron chi connectivity index (χ0n) is 10.0. The summed E-state index contributed by atoms with van der Waals surface area (Å²) in [5.41, 5.74) is 0. The van der Waals surface area contributed by atoms with E-state index in [9.17, 15) is 9.59 Å². The molecule has 0 radical (unpaired) electrons. The fourth-order valence-corrected chi connectivity index (χ4v) is 3.67. The zero-order chi connectivity index (χ0) is 12.6. The molecule has 96 valence electrons. The molecule has 0 saturated carbocycles. The Morgan fingerprint density at radius 2 is 2.12 bits per heavy atom. The highest BCUT2D eigenvalue weighted by molar-refractivity contribution is 8.00. The van der Waals surface area contributed by atoms with E-state index >= 15 is 0 Å². The average Bonchev–Trinajstić information content (AvgIpc) is 2.83. The van der Waals surface area contributed by atoms with Crippen LogP contribution in [0.15, 0.2) is 0 Å². The van der Waals surface area contributed by atoms with Crippen LogP contribution in [0.1, 0.15) is 20.3 Å². The molecule has 4 atom stereocenters. The molecule has 2 aliphatic rings. The molecule has 0 aromatic rings. The van der Waals surface area contributed by atoms with Crippen LogP contribution in [0.4, 0.5) is 0 Å². The summed E-state index contributed by atoms with van der Waals surface area (Å²) in [6, 6.07) is -0.880. The van der Waals surface area contributed by atoms with Crippen molar-refractivity contribution in [2.45, 2.75) is 37.7 Å². The van der Waals surface area contributed by atoms with E-state index in [4.69, 9.17) is 5.11 Å². The van der Waals surface area contributed by atoms with Crippen LogP contribution in [0.2, 0.25) is 0 Å². The molecule has 2 N–H and O–H groups in total. The van der Waals surface area contributed by atoms with Gasteiger partial charge in [0.15, 0.2) is 0 Å².